The number of morpholine rings is 1. The molecule has 0 aromatic rings. The van der Waals surface area contributed by atoms with Gasteiger partial charge in [0.05, 0.1) is 12.2 Å². The van der Waals surface area contributed by atoms with Crippen LogP contribution < -0.4 is 0 Å². The molecule has 0 spiro atoms. The average Bonchev–Trinajstić information content (AvgIpc) is 1.97. The Balaban J connectivity index is 1.80. The van der Waals surface area contributed by atoms with Crippen LogP contribution in [0.5, 0.6) is 0 Å². The molecular weight excluding hydrogens is 188 g/mol. The number of rotatable bonds is 2. The number of nitrogens with zero attached hydrogens (tertiary/aromatic N) is 2. The minimum atomic E-state index is 0.404. The Morgan fingerprint density at radius 2 is 1.53 bits per heavy atom. The predicted octanol–water partition coefficient (Wildman–Crippen LogP) is 1.19. The summed E-state index contributed by atoms with van der Waals surface area (Å²) in [6, 6.07) is 1.48. The first-order valence-electron chi connectivity index (χ1n) is 6.20. The minimum Gasteiger partial charge on any atom is -0.373 e. The molecule has 0 bridgehead atoms. The van der Waals surface area contributed by atoms with Gasteiger partial charge < -0.3 is 4.74 Å². The lowest BCUT2D eigenvalue weighted by molar-refractivity contribution is -0.105. The summed E-state index contributed by atoms with van der Waals surface area (Å²) in [6.07, 6.45) is 0.809. The maximum absolute atomic E-state index is 5.75. The zero-order valence-electron chi connectivity index (χ0n) is 10.4. The molecule has 0 aliphatic carbocycles. The topological polar surface area (TPSA) is 15.7 Å². The zero-order valence-corrected chi connectivity index (χ0v) is 10.4. The van der Waals surface area contributed by atoms with E-state index in [4.69, 9.17) is 4.74 Å². The van der Waals surface area contributed by atoms with Gasteiger partial charge in [-0.25, -0.2) is 0 Å². The Morgan fingerprint density at radius 3 is 2.00 bits per heavy atom. The molecule has 3 heteroatoms. The highest BCUT2D eigenvalue weighted by Gasteiger charge is 2.36. The van der Waals surface area contributed by atoms with Crippen LogP contribution in [0.2, 0.25) is 0 Å². The van der Waals surface area contributed by atoms with Gasteiger partial charge in [-0.2, -0.15) is 0 Å². The van der Waals surface area contributed by atoms with Gasteiger partial charge in [0.25, 0.3) is 0 Å². The predicted molar refractivity (Wildman–Crippen MR) is 62.1 cm³/mol. The molecule has 0 aromatic carbocycles. The van der Waals surface area contributed by atoms with Crippen LogP contribution >= 0.6 is 0 Å². The monoisotopic (exact) mass is 212 g/mol. The summed E-state index contributed by atoms with van der Waals surface area (Å²) in [5.41, 5.74) is 0. The van der Waals surface area contributed by atoms with Crippen LogP contribution in [-0.4, -0.2) is 60.3 Å². The van der Waals surface area contributed by atoms with E-state index in [1.54, 1.807) is 0 Å². The van der Waals surface area contributed by atoms with E-state index in [1.807, 2.05) is 0 Å². The van der Waals surface area contributed by atoms with Crippen LogP contribution in [-0.2, 0) is 4.74 Å². The van der Waals surface area contributed by atoms with Crippen LogP contribution in [0.3, 0.4) is 0 Å². The molecule has 2 fully saturated rings. The summed E-state index contributed by atoms with van der Waals surface area (Å²) >= 11 is 0. The minimum absolute atomic E-state index is 0.404. The van der Waals surface area contributed by atoms with Gasteiger partial charge in [0.1, 0.15) is 0 Å². The van der Waals surface area contributed by atoms with Crippen molar-refractivity contribution >= 4 is 0 Å². The SMILES string of the molecule is CC1CN(C2CN(C(C)C)C2)CC(C)O1. The Hall–Kier alpha value is -0.120. The van der Waals surface area contributed by atoms with Crippen molar-refractivity contribution in [1.29, 1.82) is 0 Å². The van der Waals surface area contributed by atoms with E-state index < -0.39 is 0 Å². The van der Waals surface area contributed by atoms with Crippen molar-refractivity contribution in [1.82, 2.24) is 9.80 Å². The van der Waals surface area contributed by atoms with Crippen molar-refractivity contribution < 1.29 is 4.74 Å². The van der Waals surface area contributed by atoms with E-state index in [1.165, 1.54) is 13.1 Å². The molecule has 0 amide bonds. The highest BCUT2D eigenvalue weighted by Crippen LogP contribution is 2.21. The lowest BCUT2D eigenvalue weighted by atomic mass is 10.0. The van der Waals surface area contributed by atoms with Crippen LogP contribution in [0.25, 0.3) is 0 Å². The number of ether oxygens (including phenoxy) is 1. The largest absolute Gasteiger partial charge is 0.373 e. The van der Waals surface area contributed by atoms with Crippen LogP contribution in [0.15, 0.2) is 0 Å². The van der Waals surface area contributed by atoms with Gasteiger partial charge in [0, 0.05) is 38.3 Å². The highest BCUT2D eigenvalue weighted by atomic mass is 16.5. The standard InChI is InChI=1S/C12H24N2O/c1-9(2)13-7-12(8-13)14-5-10(3)15-11(4)6-14/h9-12H,5-8H2,1-4H3. The van der Waals surface area contributed by atoms with E-state index in [2.05, 4.69) is 37.5 Å². The summed E-state index contributed by atoms with van der Waals surface area (Å²) < 4.78 is 5.75. The van der Waals surface area contributed by atoms with Gasteiger partial charge >= 0.3 is 0 Å². The van der Waals surface area contributed by atoms with E-state index in [0.29, 0.717) is 18.2 Å². The summed E-state index contributed by atoms with van der Waals surface area (Å²) in [5, 5.41) is 0. The van der Waals surface area contributed by atoms with E-state index in [9.17, 15) is 0 Å². The number of likely N-dealkylation sites (tertiary alicyclic amines) is 1. The van der Waals surface area contributed by atoms with Crippen LogP contribution in [0.1, 0.15) is 27.7 Å². The third-order valence-corrected chi connectivity index (χ3v) is 3.59. The molecule has 2 unspecified atom stereocenters. The molecule has 2 aliphatic rings. The average molecular weight is 212 g/mol. The van der Waals surface area contributed by atoms with Crippen LogP contribution in [0.4, 0.5) is 0 Å². The molecule has 3 nitrogen and oxygen atoms in total. The lowest BCUT2D eigenvalue weighted by Gasteiger charge is -2.50. The molecule has 2 saturated heterocycles. The first kappa shape index (κ1) is 11.4. The van der Waals surface area contributed by atoms with Gasteiger partial charge in [-0.15, -0.1) is 0 Å². The van der Waals surface area contributed by atoms with Crippen molar-refractivity contribution in [2.75, 3.05) is 26.2 Å². The van der Waals surface area contributed by atoms with E-state index in [-0.39, 0.29) is 0 Å². The summed E-state index contributed by atoms with van der Waals surface area (Å²) in [4.78, 5) is 5.15. The van der Waals surface area contributed by atoms with Gasteiger partial charge in [-0.05, 0) is 27.7 Å². The molecule has 0 N–H and O–H groups in total. The Labute approximate surface area is 93.4 Å². The molecule has 2 atom stereocenters. The first-order chi connectivity index (χ1) is 7.06. The van der Waals surface area contributed by atoms with Crippen molar-refractivity contribution in [2.45, 2.75) is 52.0 Å². The van der Waals surface area contributed by atoms with Crippen molar-refractivity contribution in [3.05, 3.63) is 0 Å². The summed E-state index contributed by atoms with van der Waals surface area (Å²) in [7, 11) is 0. The third-order valence-electron chi connectivity index (χ3n) is 3.59. The van der Waals surface area contributed by atoms with Crippen LogP contribution in [0, 0.1) is 0 Å². The first-order valence-corrected chi connectivity index (χ1v) is 6.20. The van der Waals surface area contributed by atoms with Gasteiger partial charge in [0.15, 0.2) is 0 Å². The van der Waals surface area contributed by atoms with E-state index in [0.717, 1.165) is 19.1 Å². The summed E-state index contributed by atoms with van der Waals surface area (Å²) in [5.74, 6) is 0. The molecule has 0 radical (unpaired) electrons. The fraction of sp³-hybridized carbons (Fsp3) is 1.00. The zero-order chi connectivity index (χ0) is 11.0. The maximum Gasteiger partial charge on any atom is 0.0678 e. The highest BCUT2D eigenvalue weighted by molar-refractivity contribution is 4.92. The Bertz CT molecular complexity index is 204. The van der Waals surface area contributed by atoms with Gasteiger partial charge in [-0.1, -0.05) is 0 Å². The molecule has 2 aliphatic heterocycles. The summed E-state index contributed by atoms with van der Waals surface area (Å²) in [6.45, 7) is 13.6. The van der Waals surface area contributed by atoms with E-state index >= 15 is 0 Å². The second kappa shape index (κ2) is 4.40. The fourth-order valence-electron chi connectivity index (χ4n) is 2.66. The molecule has 15 heavy (non-hydrogen) atoms. The van der Waals surface area contributed by atoms with Gasteiger partial charge in [0.2, 0.25) is 0 Å². The Kier molecular flexibility index (Phi) is 3.33. The molecule has 0 aromatic heterocycles. The molecule has 2 rings (SSSR count). The third kappa shape index (κ3) is 2.52. The smallest absolute Gasteiger partial charge is 0.0678 e. The van der Waals surface area contributed by atoms with Crippen molar-refractivity contribution in [3.8, 4) is 0 Å². The molecule has 88 valence electrons. The van der Waals surface area contributed by atoms with Gasteiger partial charge in [-0.3, -0.25) is 9.80 Å². The number of hydrogen-bond donors (Lipinski definition) is 0. The lowest BCUT2D eigenvalue weighted by Crippen LogP contribution is -2.64. The quantitative estimate of drug-likeness (QED) is 0.684. The molecule has 0 saturated carbocycles. The fourth-order valence-corrected chi connectivity index (χ4v) is 2.66. The van der Waals surface area contributed by atoms with Crippen molar-refractivity contribution in [3.63, 3.8) is 0 Å². The van der Waals surface area contributed by atoms with Crippen molar-refractivity contribution in [2.24, 2.45) is 0 Å². The molecular formula is C12H24N2O. The Morgan fingerprint density at radius 1 is 1.00 bits per heavy atom. The molecule has 2 heterocycles. The maximum atomic E-state index is 5.75. The second-order valence-corrected chi connectivity index (χ2v) is 5.41. The number of hydrogen-bond acceptors (Lipinski definition) is 3. The second-order valence-electron chi connectivity index (χ2n) is 5.41. The normalized spacial score (nSPS) is 35.8.